The molecule has 1 saturated heterocycles. The molecular weight excluding hydrogens is 373 g/mol. The molecule has 0 atom stereocenters. The van der Waals surface area contributed by atoms with Crippen LogP contribution in [0.15, 0.2) is 23.8 Å². The second-order valence-electron chi connectivity index (χ2n) is 7.76. The van der Waals surface area contributed by atoms with Crippen molar-refractivity contribution in [2.45, 2.75) is 38.5 Å². The van der Waals surface area contributed by atoms with E-state index in [2.05, 4.69) is 0 Å². The Bertz CT molecular complexity index is 802. The fourth-order valence-electron chi connectivity index (χ4n) is 3.74. The number of likely N-dealkylation sites (N-methyl/N-ethyl adjacent to an activating group) is 1. The molecule has 0 saturated carbocycles. The quantitative estimate of drug-likeness (QED) is 0.828. The van der Waals surface area contributed by atoms with Crippen molar-refractivity contribution in [3.8, 4) is 5.75 Å². The second kappa shape index (κ2) is 7.40. The van der Waals surface area contributed by atoms with Crippen molar-refractivity contribution in [3.05, 3.63) is 34.9 Å². The minimum absolute atomic E-state index is 0.0438. The Morgan fingerprint density at radius 1 is 1.32 bits per heavy atom. The molecule has 1 amide bonds. The normalized spacial score (nSPS) is 19.3. The van der Waals surface area contributed by atoms with Gasteiger partial charge in [-0.1, -0.05) is 0 Å². The first kappa shape index (κ1) is 20.7. The summed E-state index contributed by atoms with van der Waals surface area (Å²) in [6.45, 7) is 4.87. The number of likely N-dealkylation sites (tertiary alicyclic amines) is 1. The summed E-state index contributed by atoms with van der Waals surface area (Å²) < 4.78 is 46.0. The van der Waals surface area contributed by atoms with Gasteiger partial charge in [0.05, 0.1) is 17.9 Å². The van der Waals surface area contributed by atoms with E-state index in [9.17, 15) is 23.1 Å². The van der Waals surface area contributed by atoms with Gasteiger partial charge >= 0.3 is 6.18 Å². The van der Waals surface area contributed by atoms with Gasteiger partial charge < -0.3 is 14.7 Å². The third kappa shape index (κ3) is 3.89. The van der Waals surface area contributed by atoms with Gasteiger partial charge in [0.15, 0.2) is 0 Å². The molecule has 2 aliphatic rings. The number of benzene rings is 1. The molecule has 0 bridgehead atoms. The highest BCUT2D eigenvalue weighted by Crippen LogP contribution is 2.45. The minimum atomic E-state index is -4.49. The highest BCUT2D eigenvalue weighted by atomic mass is 19.4. The van der Waals surface area contributed by atoms with E-state index in [1.54, 1.807) is 4.90 Å². The van der Waals surface area contributed by atoms with Gasteiger partial charge in [0, 0.05) is 37.2 Å². The number of nitrogens with zero attached hydrogens (tertiary/aromatic N) is 2. The van der Waals surface area contributed by atoms with Gasteiger partial charge in [-0.05, 0) is 45.5 Å². The number of hydrogen-bond donors (Lipinski definition) is 1. The second-order valence-corrected chi connectivity index (χ2v) is 7.76. The summed E-state index contributed by atoms with van der Waals surface area (Å²) in [5.74, 6) is 0.236. The number of carbonyl (C=O) groups is 1. The van der Waals surface area contributed by atoms with E-state index in [4.69, 9.17) is 4.74 Å². The van der Waals surface area contributed by atoms with Gasteiger partial charge in [0.1, 0.15) is 11.4 Å². The van der Waals surface area contributed by atoms with E-state index < -0.39 is 17.3 Å². The van der Waals surface area contributed by atoms with E-state index in [0.29, 0.717) is 43.9 Å². The molecule has 2 aliphatic heterocycles. The van der Waals surface area contributed by atoms with Crippen molar-refractivity contribution >= 4 is 11.6 Å². The van der Waals surface area contributed by atoms with Crippen molar-refractivity contribution in [3.63, 3.8) is 0 Å². The summed E-state index contributed by atoms with van der Waals surface area (Å²) in [6.07, 6.45) is -3.45. The molecule has 0 aliphatic carbocycles. The summed E-state index contributed by atoms with van der Waals surface area (Å²) in [5, 5.41) is 9.22. The minimum Gasteiger partial charge on any atom is -0.483 e. The third-order valence-electron chi connectivity index (χ3n) is 5.19. The zero-order chi connectivity index (χ0) is 20.7. The predicted octanol–water partition coefficient (Wildman–Crippen LogP) is 3.13. The highest BCUT2D eigenvalue weighted by Gasteiger charge is 2.41. The lowest BCUT2D eigenvalue weighted by Crippen LogP contribution is -2.43. The number of ether oxygens (including phenoxy) is 1. The number of rotatable bonds is 5. The molecule has 0 unspecified atom stereocenters. The number of alkyl halides is 3. The molecule has 28 heavy (non-hydrogen) atoms. The average molecular weight is 398 g/mol. The number of carbonyl (C=O) groups excluding carboxylic acids is 1. The van der Waals surface area contributed by atoms with Crippen molar-refractivity contribution in [1.82, 2.24) is 9.80 Å². The number of amides is 1. The Labute approximate surface area is 162 Å². The largest absolute Gasteiger partial charge is 0.483 e. The first-order valence-electron chi connectivity index (χ1n) is 9.28. The summed E-state index contributed by atoms with van der Waals surface area (Å²) in [5.41, 5.74) is -0.0667. The number of hydrogen-bond acceptors (Lipinski definition) is 4. The van der Waals surface area contributed by atoms with Crippen LogP contribution in [0.3, 0.4) is 0 Å². The Kier molecular flexibility index (Phi) is 5.46. The van der Waals surface area contributed by atoms with Gasteiger partial charge in [-0.15, -0.1) is 0 Å². The van der Waals surface area contributed by atoms with Crippen molar-refractivity contribution in [1.29, 1.82) is 0 Å². The summed E-state index contributed by atoms with van der Waals surface area (Å²) in [6, 6.07) is 3.40. The van der Waals surface area contributed by atoms with Crippen molar-refractivity contribution in [2.75, 3.05) is 33.3 Å². The van der Waals surface area contributed by atoms with Crippen molar-refractivity contribution in [2.24, 2.45) is 0 Å². The van der Waals surface area contributed by atoms with Crippen LogP contribution in [0.5, 0.6) is 5.75 Å². The van der Waals surface area contributed by atoms with Crippen molar-refractivity contribution < 1.29 is 27.8 Å². The van der Waals surface area contributed by atoms with Gasteiger partial charge in [-0.2, -0.15) is 13.2 Å². The van der Waals surface area contributed by atoms with E-state index in [1.165, 1.54) is 6.07 Å². The standard InChI is InChI=1S/C20H25F3N2O3/c1-19(2)15(12-24(3)9-10-26)18(25-8-4-5-17(25)27)14-11-13(20(21,22)23)6-7-16(14)28-19/h6-7,11,26H,4-5,8-10,12H2,1-3H3. The van der Waals surface area contributed by atoms with Crippen LogP contribution in [0.25, 0.3) is 5.70 Å². The van der Waals surface area contributed by atoms with Crippen LogP contribution in [0.4, 0.5) is 13.2 Å². The molecule has 8 heteroatoms. The Hall–Kier alpha value is -2.06. The third-order valence-corrected chi connectivity index (χ3v) is 5.19. The van der Waals surface area contributed by atoms with Crippen LogP contribution in [0.2, 0.25) is 0 Å². The molecule has 0 spiro atoms. The molecule has 5 nitrogen and oxygen atoms in total. The van der Waals surface area contributed by atoms with Gasteiger partial charge in [-0.25, -0.2) is 0 Å². The van der Waals surface area contributed by atoms with Crippen LogP contribution in [0.1, 0.15) is 37.8 Å². The molecule has 0 aromatic heterocycles. The molecule has 1 aromatic carbocycles. The molecular formula is C20H25F3N2O3. The SMILES string of the molecule is CN(CCO)CC1=C(N2CCCC2=O)c2cc(C(F)(F)F)ccc2OC1(C)C. The lowest BCUT2D eigenvalue weighted by Gasteiger charge is -2.41. The Morgan fingerprint density at radius 3 is 2.61 bits per heavy atom. The zero-order valence-electron chi connectivity index (χ0n) is 16.3. The van der Waals surface area contributed by atoms with Gasteiger partial charge in [-0.3, -0.25) is 9.69 Å². The van der Waals surface area contributed by atoms with Gasteiger partial charge in [0.25, 0.3) is 0 Å². The summed E-state index contributed by atoms with van der Waals surface area (Å²) in [4.78, 5) is 16.0. The van der Waals surface area contributed by atoms with E-state index >= 15 is 0 Å². The highest BCUT2D eigenvalue weighted by molar-refractivity contribution is 5.91. The fraction of sp³-hybridized carbons (Fsp3) is 0.550. The Morgan fingerprint density at radius 2 is 2.04 bits per heavy atom. The van der Waals surface area contributed by atoms with Crippen LogP contribution < -0.4 is 4.74 Å². The maximum atomic E-state index is 13.3. The maximum Gasteiger partial charge on any atom is 0.416 e. The lowest BCUT2D eigenvalue weighted by molar-refractivity contribution is -0.137. The fourth-order valence-corrected chi connectivity index (χ4v) is 3.74. The van der Waals surface area contributed by atoms with Gasteiger partial charge in [0.2, 0.25) is 5.91 Å². The van der Waals surface area contributed by atoms with Crippen LogP contribution in [0, 0.1) is 0 Å². The van der Waals surface area contributed by atoms with Crippen LogP contribution in [-0.2, 0) is 11.0 Å². The molecule has 1 fully saturated rings. The molecule has 1 aromatic rings. The number of aliphatic hydroxyl groups is 1. The number of halogens is 3. The first-order valence-corrected chi connectivity index (χ1v) is 9.28. The predicted molar refractivity (Wildman–Crippen MR) is 98.6 cm³/mol. The van der Waals surface area contributed by atoms with E-state index in [0.717, 1.165) is 17.7 Å². The molecule has 0 radical (unpaired) electrons. The molecule has 3 rings (SSSR count). The zero-order valence-corrected chi connectivity index (χ0v) is 16.3. The maximum absolute atomic E-state index is 13.3. The number of aliphatic hydroxyl groups excluding tert-OH is 1. The monoisotopic (exact) mass is 398 g/mol. The molecule has 2 heterocycles. The molecule has 154 valence electrons. The topological polar surface area (TPSA) is 53.0 Å². The van der Waals surface area contributed by atoms with Crippen LogP contribution >= 0.6 is 0 Å². The lowest BCUT2D eigenvalue weighted by atomic mass is 9.87. The average Bonchev–Trinajstić information content (AvgIpc) is 3.00. The smallest absolute Gasteiger partial charge is 0.416 e. The van der Waals surface area contributed by atoms with Crippen LogP contribution in [-0.4, -0.2) is 59.7 Å². The van der Waals surface area contributed by atoms with E-state index in [1.807, 2.05) is 25.8 Å². The van der Waals surface area contributed by atoms with E-state index in [-0.39, 0.29) is 18.1 Å². The molecule has 1 N–H and O–H groups in total. The summed E-state index contributed by atoms with van der Waals surface area (Å²) >= 11 is 0. The number of fused-ring (bicyclic) bond motifs is 1. The Balaban J connectivity index is 2.21. The summed E-state index contributed by atoms with van der Waals surface area (Å²) in [7, 11) is 1.81. The first-order chi connectivity index (χ1) is 13.0.